The molecule has 0 aromatic carbocycles. The van der Waals surface area contributed by atoms with Gasteiger partial charge in [-0.1, -0.05) is 47.0 Å². The van der Waals surface area contributed by atoms with E-state index in [-0.39, 0.29) is 6.04 Å². The van der Waals surface area contributed by atoms with Crippen molar-refractivity contribution in [2.75, 3.05) is 0 Å². The summed E-state index contributed by atoms with van der Waals surface area (Å²) in [5, 5.41) is 2.81. The zero-order valence-corrected chi connectivity index (χ0v) is 10.5. The molecule has 1 atom stereocenters. The highest BCUT2D eigenvalue weighted by Gasteiger charge is 2.13. The fourth-order valence-electron chi connectivity index (χ4n) is 1.67. The molecule has 0 unspecified atom stereocenters. The minimum atomic E-state index is -0.405. The lowest BCUT2D eigenvalue weighted by atomic mass is 9.96. The summed E-state index contributed by atoms with van der Waals surface area (Å²) in [6.45, 7) is 8.70. The number of carbonyl (C=O) groups excluding carboxylic acids is 1. The van der Waals surface area contributed by atoms with Gasteiger partial charge in [-0.25, -0.2) is 4.79 Å². The van der Waals surface area contributed by atoms with Crippen LogP contribution < -0.4 is 11.1 Å². The highest BCUT2D eigenvalue weighted by atomic mass is 16.2. The summed E-state index contributed by atoms with van der Waals surface area (Å²) in [6.07, 6.45) is 4.71. The SMILES string of the molecule is CC(C)CCCC[C@H](NC(N)=O)C(C)C. The third-order valence-corrected chi connectivity index (χ3v) is 2.68. The molecular weight excluding hydrogens is 188 g/mol. The summed E-state index contributed by atoms with van der Waals surface area (Å²) in [4.78, 5) is 10.8. The first-order valence-electron chi connectivity index (χ1n) is 5.99. The van der Waals surface area contributed by atoms with Crippen LogP contribution in [0.5, 0.6) is 0 Å². The smallest absolute Gasteiger partial charge is 0.312 e. The molecule has 0 aromatic heterocycles. The van der Waals surface area contributed by atoms with Crippen molar-refractivity contribution < 1.29 is 4.79 Å². The van der Waals surface area contributed by atoms with Gasteiger partial charge >= 0.3 is 6.03 Å². The Balaban J connectivity index is 3.71. The Labute approximate surface area is 93.8 Å². The number of primary amides is 1. The molecule has 90 valence electrons. The fraction of sp³-hybridized carbons (Fsp3) is 0.917. The molecule has 0 rings (SSSR count). The lowest BCUT2D eigenvalue weighted by Crippen LogP contribution is -2.41. The van der Waals surface area contributed by atoms with Crippen molar-refractivity contribution >= 4 is 6.03 Å². The van der Waals surface area contributed by atoms with Gasteiger partial charge in [0.15, 0.2) is 0 Å². The molecule has 0 aliphatic carbocycles. The van der Waals surface area contributed by atoms with Crippen LogP contribution in [0, 0.1) is 11.8 Å². The lowest BCUT2D eigenvalue weighted by Gasteiger charge is -2.21. The molecule has 3 N–H and O–H groups in total. The van der Waals surface area contributed by atoms with E-state index in [1.54, 1.807) is 0 Å². The van der Waals surface area contributed by atoms with E-state index in [1.807, 2.05) is 0 Å². The van der Waals surface area contributed by atoms with Crippen LogP contribution in [0.4, 0.5) is 4.79 Å². The van der Waals surface area contributed by atoms with Crippen LogP contribution in [0.25, 0.3) is 0 Å². The topological polar surface area (TPSA) is 55.1 Å². The molecule has 0 fully saturated rings. The summed E-state index contributed by atoms with van der Waals surface area (Å²) in [5.41, 5.74) is 5.13. The van der Waals surface area contributed by atoms with E-state index >= 15 is 0 Å². The van der Waals surface area contributed by atoms with Crippen molar-refractivity contribution in [1.82, 2.24) is 5.32 Å². The van der Waals surface area contributed by atoms with Gasteiger partial charge in [-0.3, -0.25) is 0 Å². The monoisotopic (exact) mass is 214 g/mol. The molecule has 0 bridgehead atoms. The second-order valence-electron chi connectivity index (χ2n) is 5.04. The van der Waals surface area contributed by atoms with Crippen molar-refractivity contribution in [2.45, 2.75) is 59.4 Å². The molecule has 0 spiro atoms. The number of hydrogen-bond acceptors (Lipinski definition) is 1. The maximum Gasteiger partial charge on any atom is 0.312 e. The molecule has 0 aliphatic heterocycles. The van der Waals surface area contributed by atoms with Crippen LogP contribution in [0.3, 0.4) is 0 Å². The highest BCUT2D eigenvalue weighted by molar-refractivity contribution is 5.71. The third kappa shape index (κ3) is 8.28. The standard InChI is InChI=1S/C12H26N2O/c1-9(2)7-5-6-8-11(10(3)4)14-12(13)15/h9-11H,5-8H2,1-4H3,(H3,13,14,15)/t11-/m0/s1. The Kier molecular flexibility index (Phi) is 7.18. The highest BCUT2D eigenvalue weighted by Crippen LogP contribution is 2.13. The van der Waals surface area contributed by atoms with E-state index in [1.165, 1.54) is 19.3 Å². The second-order valence-corrected chi connectivity index (χ2v) is 5.04. The molecule has 0 saturated carbocycles. The molecule has 15 heavy (non-hydrogen) atoms. The van der Waals surface area contributed by atoms with Gasteiger partial charge < -0.3 is 11.1 Å². The first-order chi connectivity index (χ1) is 6.93. The van der Waals surface area contributed by atoms with Gasteiger partial charge in [0.05, 0.1) is 0 Å². The van der Waals surface area contributed by atoms with Gasteiger partial charge in [-0.15, -0.1) is 0 Å². The number of nitrogens with one attached hydrogen (secondary N) is 1. The normalized spacial score (nSPS) is 13.2. The van der Waals surface area contributed by atoms with E-state index in [0.717, 1.165) is 12.3 Å². The molecule has 0 saturated heterocycles. The number of rotatable bonds is 7. The number of carbonyl (C=O) groups is 1. The van der Waals surface area contributed by atoms with Crippen LogP contribution in [0.15, 0.2) is 0 Å². The number of amides is 2. The largest absolute Gasteiger partial charge is 0.352 e. The van der Waals surface area contributed by atoms with E-state index in [0.29, 0.717) is 5.92 Å². The van der Waals surface area contributed by atoms with Gasteiger partial charge in [-0.2, -0.15) is 0 Å². The average Bonchev–Trinajstić information content (AvgIpc) is 2.08. The molecule has 0 heterocycles. The minimum Gasteiger partial charge on any atom is -0.352 e. The predicted octanol–water partition coefficient (Wildman–Crippen LogP) is 2.90. The van der Waals surface area contributed by atoms with Gasteiger partial charge in [-0.05, 0) is 18.3 Å². The first kappa shape index (κ1) is 14.3. The zero-order valence-electron chi connectivity index (χ0n) is 10.5. The molecule has 2 amide bonds. The van der Waals surface area contributed by atoms with Crippen LogP contribution in [-0.4, -0.2) is 12.1 Å². The van der Waals surface area contributed by atoms with E-state index in [9.17, 15) is 4.79 Å². The minimum absolute atomic E-state index is 0.231. The second kappa shape index (κ2) is 7.55. The maximum absolute atomic E-state index is 10.8. The van der Waals surface area contributed by atoms with Gasteiger partial charge in [0.1, 0.15) is 0 Å². The van der Waals surface area contributed by atoms with Crippen LogP contribution in [0.1, 0.15) is 53.4 Å². The van der Waals surface area contributed by atoms with Gasteiger partial charge in [0.25, 0.3) is 0 Å². The molecule has 3 heteroatoms. The summed E-state index contributed by atoms with van der Waals surface area (Å²) in [5.74, 6) is 1.23. The van der Waals surface area contributed by atoms with Crippen molar-refractivity contribution in [2.24, 2.45) is 17.6 Å². The van der Waals surface area contributed by atoms with E-state index < -0.39 is 6.03 Å². The predicted molar refractivity (Wildman–Crippen MR) is 64.7 cm³/mol. The quantitative estimate of drug-likeness (QED) is 0.629. The molecule has 3 nitrogen and oxygen atoms in total. The number of hydrogen-bond donors (Lipinski definition) is 2. The van der Waals surface area contributed by atoms with Gasteiger partial charge in [0, 0.05) is 6.04 Å². The van der Waals surface area contributed by atoms with Crippen LogP contribution in [0.2, 0.25) is 0 Å². The molecular formula is C12H26N2O. The third-order valence-electron chi connectivity index (χ3n) is 2.68. The average molecular weight is 214 g/mol. The van der Waals surface area contributed by atoms with E-state index in [2.05, 4.69) is 33.0 Å². The molecule has 0 radical (unpaired) electrons. The lowest BCUT2D eigenvalue weighted by molar-refractivity contribution is 0.239. The number of nitrogens with two attached hydrogens (primary N) is 1. The van der Waals surface area contributed by atoms with Crippen LogP contribution >= 0.6 is 0 Å². The van der Waals surface area contributed by atoms with Crippen molar-refractivity contribution in [3.63, 3.8) is 0 Å². The summed E-state index contributed by atoms with van der Waals surface area (Å²) in [7, 11) is 0. The number of unbranched alkanes of at least 4 members (excludes halogenated alkanes) is 1. The Bertz CT molecular complexity index is 178. The van der Waals surface area contributed by atoms with Crippen molar-refractivity contribution in [3.8, 4) is 0 Å². The van der Waals surface area contributed by atoms with Crippen LogP contribution in [-0.2, 0) is 0 Å². The Morgan fingerprint density at radius 2 is 1.67 bits per heavy atom. The summed E-state index contributed by atoms with van der Waals surface area (Å²) in [6, 6.07) is -0.174. The molecule has 0 aromatic rings. The Morgan fingerprint density at radius 1 is 1.13 bits per heavy atom. The Hall–Kier alpha value is -0.730. The first-order valence-corrected chi connectivity index (χ1v) is 5.99. The summed E-state index contributed by atoms with van der Waals surface area (Å²) < 4.78 is 0. The number of urea groups is 1. The van der Waals surface area contributed by atoms with E-state index in [4.69, 9.17) is 5.73 Å². The fourth-order valence-corrected chi connectivity index (χ4v) is 1.67. The van der Waals surface area contributed by atoms with Gasteiger partial charge in [0.2, 0.25) is 0 Å². The Morgan fingerprint density at radius 3 is 2.07 bits per heavy atom. The van der Waals surface area contributed by atoms with Crippen molar-refractivity contribution in [3.05, 3.63) is 0 Å². The van der Waals surface area contributed by atoms with Crippen molar-refractivity contribution in [1.29, 1.82) is 0 Å². The zero-order chi connectivity index (χ0) is 11.8. The summed E-state index contributed by atoms with van der Waals surface area (Å²) >= 11 is 0. The maximum atomic E-state index is 10.8. The molecule has 0 aliphatic rings.